The van der Waals surface area contributed by atoms with E-state index in [0.29, 0.717) is 6.42 Å². The molecule has 11 nitrogen and oxygen atoms in total. The van der Waals surface area contributed by atoms with Gasteiger partial charge in [0.05, 0.1) is 13.2 Å². The molecule has 0 saturated heterocycles. The molecular formula is C46H74NO10P. The van der Waals surface area contributed by atoms with Crippen molar-refractivity contribution >= 4 is 25.7 Å². The summed E-state index contributed by atoms with van der Waals surface area (Å²) in [4.78, 5) is 45.7. The average Bonchev–Trinajstić information content (AvgIpc) is 3.20. The van der Waals surface area contributed by atoms with Gasteiger partial charge in [0.25, 0.3) is 0 Å². The Hall–Kier alpha value is -3.60. The molecule has 0 amide bonds. The van der Waals surface area contributed by atoms with E-state index in [-0.39, 0.29) is 6.42 Å². The van der Waals surface area contributed by atoms with Gasteiger partial charge >= 0.3 is 25.7 Å². The third-order valence-electron chi connectivity index (χ3n) is 8.44. The molecule has 0 bridgehead atoms. The van der Waals surface area contributed by atoms with Gasteiger partial charge in [-0.25, -0.2) is 9.36 Å². The first-order chi connectivity index (χ1) is 28.1. The number of carbonyl (C=O) groups excluding carboxylic acids is 2. The monoisotopic (exact) mass is 832 g/mol. The van der Waals surface area contributed by atoms with Crippen LogP contribution in [0.1, 0.15) is 142 Å². The van der Waals surface area contributed by atoms with Crippen molar-refractivity contribution < 1.29 is 47.5 Å². The van der Waals surface area contributed by atoms with Crippen molar-refractivity contribution in [1.82, 2.24) is 0 Å². The number of carboxylic acids is 1. The maximum Gasteiger partial charge on any atom is 0.472 e. The second-order valence-electron chi connectivity index (χ2n) is 13.8. The Bertz CT molecular complexity index is 1350. The minimum atomic E-state index is -4.76. The number of allylic oxidation sites excluding steroid dienone is 15. The number of aliphatic carboxylic acids is 1. The minimum absolute atomic E-state index is 0.0716. The van der Waals surface area contributed by atoms with Gasteiger partial charge < -0.3 is 25.2 Å². The Labute approximate surface area is 349 Å². The molecule has 0 aromatic carbocycles. The summed E-state index contributed by atoms with van der Waals surface area (Å²) in [6, 6.07) is -1.55. The Morgan fingerprint density at radius 3 is 1.60 bits per heavy atom. The molecule has 3 atom stereocenters. The molecule has 0 aliphatic heterocycles. The van der Waals surface area contributed by atoms with E-state index in [1.807, 2.05) is 24.3 Å². The molecular weight excluding hydrogens is 757 g/mol. The standard InChI is InChI=1S/C46H74NO10P/c1-3-5-7-9-11-13-15-17-19-20-21-22-24-25-27-29-31-33-35-37-44(48)54-39-42(40-55-58(52,53)56-41-43(47)46(50)51)57-45(49)38-36-34-32-30-28-26-23-18-16-14-12-10-8-6-4-2/h5,7,11,13,17,19,21-22,25,27,31-34,36,38,42-43H,3-4,6,8-10,12,14-16,18,20,23-24,26,28-30,35,37,39-41,47H2,1-2H3,(H,50,51)(H,52,53)/b7-5+,13-11+,19-17+,22-21+,27-25+,33-31+,34-32+,38-36+/t42-,43+/m1/s1. The summed E-state index contributed by atoms with van der Waals surface area (Å²) in [5, 5.41) is 8.88. The van der Waals surface area contributed by atoms with Crippen molar-refractivity contribution in [3.63, 3.8) is 0 Å². The number of unbranched alkanes of at least 4 members (excludes halogenated alkanes) is 11. The van der Waals surface area contributed by atoms with E-state index in [2.05, 4.69) is 73.1 Å². The quantitative estimate of drug-likeness (QED) is 0.0135. The van der Waals surface area contributed by atoms with Crippen LogP contribution in [0.5, 0.6) is 0 Å². The molecule has 0 aliphatic rings. The lowest BCUT2D eigenvalue weighted by Crippen LogP contribution is -2.34. The van der Waals surface area contributed by atoms with E-state index in [9.17, 15) is 23.8 Å². The Kier molecular flexibility index (Phi) is 37.7. The maximum atomic E-state index is 12.5. The highest BCUT2D eigenvalue weighted by Crippen LogP contribution is 2.43. The topological polar surface area (TPSA) is 172 Å². The Balaban J connectivity index is 4.61. The van der Waals surface area contributed by atoms with Crippen LogP contribution in [0.15, 0.2) is 97.2 Å². The highest BCUT2D eigenvalue weighted by atomic mass is 31.2. The van der Waals surface area contributed by atoms with Gasteiger partial charge in [-0.1, -0.05) is 169 Å². The van der Waals surface area contributed by atoms with Crippen LogP contribution in [0.25, 0.3) is 0 Å². The number of carbonyl (C=O) groups is 3. The lowest BCUT2D eigenvalue weighted by molar-refractivity contribution is -0.157. The van der Waals surface area contributed by atoms with Crippen LogP contribution in [0, 0.1) is 0 Å². The molecule has 0 spiro atoms. The summed E-state index contributed by atoms with van der Waals surface area (Å²) in [6.45, 7) is 2.48. The summed E-state index contributed by atoms with van der Waals surface area (Å²) < 4.78 is 32.4. The minimum Gasteiger partial charge on any atom is -0.480 e. The summed E-state index contributed by atoms with van der Waals surface area (Å²) in [7, 11) is -4.76. The fourth-order valence-electron chi connectivity index (χ4n) is 5.11. The second kappa shape index (κ2) is 40.2. The number of phosphoric acid groups is 1. The molecule has 0 fully saturated rings. The molecule has 58 heavy (non-hydrogen) atoms. The van der Waals surface area contributed by atoms with Crippen molar-refractivity contribution in [2.75, 3.05) is 19.8 Å². The van der Waals surface area contributed by atoms with Crippen LogP contribution < -0.4 is 5.73 Å². The average molecular weight is 832 g/mol. The fraction of sp³-hybridized carbons (Fsp3) is 0.587. The molecule has 0 rings (SSSR count). The second-order valence-corrected chi connectivity index (χ2v) is 15.3. The molecule has 0 aromatic rings. The van der Waals surface area contributed by atoms with E-state index in [1.165, 1.54) is 69.9 Å². The van der Waals surface area contributed by atoms with E-state index in [0.717, 1.165) is 57.8 Å². The highest BCUT2D eigenvalue weighted by Gasteiger charge is 2.27. The van der Waals surface area contributed by atoms with Gasteiger partial charge in [-0.3, -0.25) is 18.6 Å². The largest absolute Gasteiger partial charge is 0.480 e. The van der Waals surface area contributed by atoms with Gasteiger partial charge in [0, 0.05) is 12.5 Å². The number of ether oxygens (including phenoxy) is 2. The van der Waals surface area contributed by atoms with Crippen LogP contribution in [0.3, 0.4) is 0 Å². The SMILES string of the molecule is CC/C=C/C/C=C/C/C=C/C/C=C/C/C=C/C/C=C/CCC(=O)OC[C@H](COP(=O)(O)OC[C@H](N)C(=O)O)OC(=O)/C=C/C=C/CCCCCCCCCCCCC. The normalized spacial score (nSPS) is 14.7. The van der Waals surface area contributed by atoms with Gasteiger partial charge in [-0.15, -0.1) is 0 Å². The molecule has 12 heteroatoms. The smallest absolute Gasteiger partial charge is 0.472 e. The number of hydrogen-bond acceptors (Lipinski definition) is 9. The first kappa shape index (κ1) is 54.4. The molecule has 0 radical (unpaired) electrons. The molecule has 0 saturated carbocycles. The zero-order valence-corrected chi connectivity index (χ0v) is 36.2. The van der Waals surface area contributed by atoms with E-state index >= 15 is 0 Å². The number of phosphoric ester groups is 1. The van der Waals surface area contributed by atoms with Crippen molar-refractivity contribution in [1.29, 1.82) is 0 Å². The van der Waals surface area contributed by atoms with Crippen molar-refractivity contribution in [2.45, 2.75) is 154 Å². The lowest BCUT2D eigenvalue weighted by atomic mass is 10.1. The molecule has 4 N–H and O–H groups in total. The number of rotatable bonds is 38. The van der Waals surface area contributed by atoms with E-state index < -0.39 is 57.7 Å². The van der Waals surface area contributed by atoms with Gasteiger partial charge in [0.1, 0.15) is 12.6 Å². The van der Waals surface area contributed by atoms with Crippen LogP contribution in [-0.4, -0.2) is 59.9 Å². The van der Waals surface area contributed by atoms with Gasteiger partial charge in [-0.2, -0.15) is 0 Å². The first-order valence-corrected chi connectivity index (χ1v) is 22.8. The summed E-state index contributed by atoms with van der Waals surface area (Å²) >= 11 is 0. The van der Waals surface area contributed by atoms with Crippen molar-refractivity contribution in [3.05, 3.63) is 97.2 Å². The van der Waals surface area contributed by atoms with Crippen LogP contribution in [-0.2, 0) is 37.5 Å². The van der Waals surface area contributed by atoms with E-state index in [4.69, 9.17) is 24.8 Å². The third-order valence-corrected chi connectivity index (χ3v) is 9.39. The van der Waals surface area contributed by atoms with Crippen molar-refractivity contribution in [2.24, 2.45) is 5.73 Å². The number of esters is 2. The zero-order valence-electron chi connectivity index (χ0n) is 35.3. The Morgan fingerprint density at radius 2 is 1.09 bits per heavy atom. The van der Waals surface area contributed by atoms with Gasteiger partial charge in [-0.05, 0) is 57.8 Å². The Morgan fingerprint density at radius 1 is 0.603 bits per heavy atom. The highest BCUT2D eigenvalue weighted by molar-refractivity contribution is 7.47. The summed E-state index contributed by atoms with van der Waals surface area (Å²) in [5.41, 5.74) is 5.32. The number of hydrogen-bond donors (Lipinski definition) is 3. The summed E-state index contributed by atoms with van der Waals surface area (Å²) in [6.07, 6.45) is 51.3. The molecule has 0 aliphatic carbocycles. The molecule has 328 valence electrons. The predicted molar refractivity (Wildman–Crippen MR) is 235 cm³/mol. The molecule has 0 aromatic heterocycles. The molecule has 0 heterocycles. The number of carboxylic acid groups (broad SMARTS) is 1. The van der Waals surface area contributed by atoms with Gasteiger partial charge in [0.2, 0.25) is 0 Å². The summed E-state index contributed by atoms with van der Waals surface area (Å²) in [5.74, 6) is -2.76. The van der Waals surface area contributed by atoms with Crippen LogP contribution >= 0.6 is 7.82 Å². The van der Waals surface area contributed by atoms with Crippen LogP contribution in [0.2, 0.25) is 0 Å². The van der Waals surface area contributed by atoms with E-state index in [1.54, 1.807) is 6.08 Å². The predicted octanol–water partition coefficient (Wildman–Crippen LogP) is 11.3. The lowest BCUT2D eigenvalue weighted by Gasteiger charge is -2.19. The molecule has 1 unspecified atom stereocenters. The maximum absolute atomic E-state index is 12.5. The zero-order chi connectivity index (χ0) is 42.8. The third kappa shape index (κ3) is 39.2. The van der Waals surface area contributed by atoms with Crippen LogP contribution in [0.4, 0.5) is 0 Å². The van der Waals surface area contributed by atoms with Crippen molar-refractivity contribution in [3.8, 4) is 0 Å². The fourth-order valence-corrected chi connectivity index (χ4v) is 5.89. The number of nitrogens with two attached hydrogens (primary N) is 1. The first-order valence-electron chi connectivity index (χ1n) is 21.3. The van der Waals surface area contributed by atoms with Gasteiger partial charge in [0.15, 0.2) is 6.10 Å².